The van der Waals surface area contributed by atoms with E-state index in [0.29, 0.717) is 6.54 Å². The third-order valence-corrected chi connectivity index (χ3v) is 4.48. The van der Waals surface area contributed by atoms with Crippen LogP contribution in [0, 0.1) is 6.92 Å². The summed E-state index contributed by atoms with van der Waals surface area (Å²) in [5.41, 5.74) is 3.59. The second-order valence-corrected chi connectivity index (χ2v) is 6.21. The number of hydrogen-bond acceptors (Lipinski definition) is 3. The standard InChI is InChI=1S/C19H24N4O/c1-16-5-2-3-7-18(16)14-21-19(24)23-11-9-22(10-12-23)15-17-6-4-8-20-13-17/h2-8,13H,9-12,14-15H2,1H3,(H,21,24). The van der Waals surface area contributed by atoms with Crippen molar-refractivity contribution < 1.29 is 4.79 Å². The van der Waals surface area contributed by atoms with E-state index in [9.17, 15) is 4.79 Å². The zero-order valence-corrected chi connectivity index (χ0v) is 14.1. The van der Waals surface area contributed by atoms with Crippen LogP contribution in [0.15, 0.2) is 48.8 Å². The van der Waals surface area contributed by atoms with Crippen LogP contribution in [0.25, 0.3) is 0 Å². The topological polar surface area (TPSA) is 48.5 Å². The van der Waals surface area contributed by atoms with Gasteiger partial charge in [-0.05, 0) is 29.7 Å². The minimum atomic E-state index is 0.0271. The molecule has 0 spiro atoms. The van der Waals surface area contributed by atoms with Gasteiger partial charge in [0.25, 0.3) is 0 Å². The van der Waals surface area contributed by atoms with Gasteiger partial charge in [-0.15, -0.1) is 0 Å². The van der Waals surface area contributed by atoms with Crippen LogP contribution in [0.5, 0.6) is 0 Å². The Labute approximate surface area is 143 Å². The molecule has 1 aromatic carbocycles. The van der Waals surface area contributed by atoms with Gasteiger partial charge in [0.1, 0.15) is 0 Å². The van der Waals surface area contributed by atoms with Crippen LogP contribution in [0.3, 0.4) is 0 Å². The summed E-state index contributed by atoms with van der Waals surface area (Å²) < 4.78 is 0. The highest BCUT2D eigenvalue weighted by Crippen LogP contribution is 2.09. The van der Waals surface area contributed by atoms with Gasteiger partial charge in [-0.1, -0.05) is 30.3 Å². The normalized spacial score (nSPS) is 15.3. The number of aryl methyl sites for hydroxylation is 1. The molecule has 5 heteroatoms. The molecule has 1 N–H and O–H groups in total. The molecular weight excluding hydrogens is 300 g/mol. The highest BCUT2D eigenvalue weighted by atomic mass is 16.2. The molecule has 0 unspecified atom stereocenters. The Morgan fingerprint density at radius 3 is 2.62 bits per heavy atom. The molecule has 2 aromatic rings. The van der Waals surface area contributed by atoms with E-state index in [0.717, 1.165) is 32.7 Å². The minimum Gasteiger partial charge on any atom is -0.334 e. The monoisotopic (exact) mass is 324 g/mol. The van der Waals surface area contributed by atoms with Crippen LogP contribution in [0.4, 0.5) is 4.79 Å². The maximum Gasteiger partial charge on any atom is 0.317 e. The Morgan fingerprint density at radius 2 is 1.92 bits per heavy atom. The fourth-order valence-electron chi connectivity index (χ4n) is 2.95. The molecule has 1 saturated heterocycles. The van der Waals surface area contributed by atoms with Crippen LogP contribution >= 0.6 is 0 Å². The van der Waals surface area contributed by atoms with E-state index in [1.807, 2.05) is 29.3 Å². The van der Waals surface area contributed by atoms with Crippen molar-refractivity contribution in [1.82, 2.24) is 20.1 Å². The van der Waals surface area contributed by atoms with E-state index >= 15 is 0 Å². The van der Waals surface area contributed by atoms with Crippen LogP contribution < -0.4 is 5.32 Å². The van der Waals surface area contributed by atoms with Gasteiger partial charge in [0.05, 0.1) is 0 Å². The smallest absolute Gasteiger partial charge is 0.317 e. The molecule has 0 radical (unpaired) electrons. The van der Waals surface area contributed by atoms with Crippen molar-refractivity contribution in [3.05, 3.63) is 65.5 Å². The number of piperazine rings is 1. The summed E-state index contributed by atoms with van der Waals surface area (Å²) in [7, 11) is 0. The van der Waals surface area contributed by atoms with Crippen LogP contribution in [0.2, 0.25) is 0 Å². The van der Waals surface area contributed by atoms with Crippen molar-refractivity contribution in [3.63, 3.8) is 0 Å². The number of pyridine rings is 1. The second kappa shape index (κ2) is 7.93. The van der Waals surface area contributed by atoms with E-state index in [1.54, 1.807) is 6.20 Å². The van der Waals surface area contributed by atoms with E-state index in [4.69, 9.17) is 0 Å². The number of urea groups is 1. The predicted molar refractivity (Wildman–Crippen MR) is 94.5 cm³/mol. The zero-order chi connectivity index (χ0) is 16.8. The maximum absolute atomic E-state index is 12.3. The van der Waals surface area contributed by atoms with Gasteiger partial charge in [-0.2, -0.15) is 0 Å². The van der Waals surface area contributed by atoms with Crippen molar-refractivity contribution in [2.45, 2.75) is 20.0 Å². The van der Waals surface area contributed by atoms with Crippen molar-refractivity contribution in [2.75, 3.05) is 26.2 Å². The fourth-order valence-corrected chi connectivity index (χ4v) is 2.95. The molecule has 0 aliphatic carbocycles. The zero-order valence-electron chi connectivity index (χ0n) is 14.1. The molecule has 24 heavy (non-hydrogen) atoms. The lowest BCUT2D eigenvalue weighted by Crippen LogP contribution is -2.51. The minimum absolute atomic E-state index is 0.0271. The summed E-state index contributed by atoms with van der Waals surface area (Å²) in [6.07, 6.45) is 3.70. The van der Waals surface area contributed by atoms with Gasteiger partial charge in [-0.25, -0.2) is 4.79 Å². The third kappa shape index (κ3) is 4.32. The van der Waals surface area contributed by atoms with Crippen LogP contribution in [-0.4, -0.2) is 47.0 Å². The average Bonchev–Trinajstić information content (AvgIpc) is 2.62. The summed E-state index contributed by atoms with van der Waals surface area (Å²) in [6.45, 7) is 6.87. The van der Waals surface area contributed by atoms with E-state index < -0.39 is 0 Å². The number of nitrogens with zero attached hydrogens (tertiary/aromatic N) is 3. The Kier molecular flexibility index (Phi) is 5.43. The fraction of sp³-hybridized carbons (Fsp3) is 0.368. The largest absolute Gasteiger partial charge is 0.334 e. The molecule has 1 aromatic heterocycles. The van der Waals surface area contributed by atoms with Crippen molar-refractivity contribution >= 4 is 6.03 Å². The summed E-state index contributed by atoms with van der Waals surface area (Å²) in [4.78, 5) is 20.8. The summed E-state index contributed by atoms with van der Waals surface area (Å²) in [6, 6.07) is 12.2. The highest BCUT2D eigenvalue weighted by Gasteiger charge is 2.20. The molecule has 0 atom stereocenters. The van der Waals surface area contributed by atoms with Crippen LogP contribution in [0.1, 0.15) is 16.7 Å². The first-order valence-corrected chi connectivity index (χ1v) is 8.41. The Balaban J connectivity index is 1.44. The summed E-state index contributed by atoms with van der Waals surface area (Å²) >= 11 is 0. The molecule has 1 aliphatic rings. The molecule has 0 saturated carbocycles. The van der Waals surface area contributed by atoms with Gasteiger partial charge in [0.15, 0.2) is 0 Å². The number of amides is 2. The number of carbonyl (C=O) groups is 1. The number of hydrogen-bond donors (Lipinski definition) is 1. The average molecular weight is 324 g/mol. The summed E-state index contributed by atoms with van der Waals surface area (Å²) in [5.74, 6) is 0. The molecule has 2 heterocycles. The Hall–Kier alpha value is -2.40. The molecule has 3 rings (SSSR count). The first-order valence-electron chi connectivity index (χ1n) is 8.41. The van der Waals surface area contributed by atoms with Crippen molar-refractivity contribution in [3.8, 4) is 0 Å². The molecule has 5 nitrogen and oxygen atoms in total. The lowest BCUT2D eigenvalue weighted by Gasteiger charge is -2.34. The summed E-state index contributed by atoms with van der Waals surface area (Å²) in [5, 5.41) is 3.03. The van der Waals surface area contributed by atoms with Gasteiger partial charge < -0.3 is 10.2 Å². The van der Waals surface area contributed by atoms with Gasteiger partial charge in [0.2, 0.25) is 0 Å². The molecule has 0 bridgehead atoms. The lowest BCUT2D eigenvalue weighted by atomic mass is 10.1. The Morgan fingerprint density at radius 1 is 1.12 bits per heavy atom. The first-order chi connectivity index (χ1) is 11.7. The predicted octanol–water partition coefficient (Wildman–Crippen LogP) is 2.42. The van der Waals surface area contributed by atoms with Gasteiger partial charge in [-0.3, -0.25) is 9.88 Å². The lowest BCUT2D eigenvalue weighted by molar-refractivity contribution is 0.135. The molecule has 1 aliphatic heterocycles. The highest BCUT2D eigenvalue weighted by molar-refractivity contribution is 5.74. The van der Waals surface area contributed by atoms with Gasteiger partial charge in [0, 0.05) is 51.7 Å². The van der Waals surface area contributed by atoms with Gasteiger partial charge >= 0.3 is 6.03 Å². The molecular formula is C19H24N4O. The quantitative estimate of drug-likeness (QED) is 0.939. The molecule has 2 amide bonds. The van der Waals surface area contributed by atoms with Crippen LogP contribution in [-0.2, 0) is 13.1 Å². The molecule has 1 fully saturated rings. The number of carbonyl (C=O) groups excluding carboxylic acids is 1. The second-order valence-electron chi connectivity index (χ2n) is 6.21. The van der Waals surface area contributed by atoms with E-state index in [-0.39, 0.29) is 6.03 Å². The third-order valence-electron chi connectivity index (χ3n) is 4.48. The first kappa shape index (κ1) is 16.5. The van der Waals surface area contributed by atoms with E-state index in [1.165, 1.54) is 16.7 Å². The molecule has 126 valence electrons. The van der Waals surface area contributed by atoms with Crippen molar-refractivity contribution in [1.29, 1.82) is 0 Å². The van der Waals surface area contributed by atoms with E-state index in [2.05, 4.69) is 40.3 Å². The maximum atomic E-state index is 12.3. The number of nitrogens with one attached hydrogen (secondary N) is 1. The number of benzene rings is 1. The Bertz CT molecular complexity index is 666. The number of rotatable bonds is 4. The van der Waals surface area contributed by atoms with Crippen molar-refractivity contribution in [2.24, 2.45) is 0 Å². The SMILES string of the molecule is Cc1ccccc1CNC(=O)N1CCN(Cc2cccnc2)CC1. The number of aromatic nitrogens is 1.